The van der Waals surface area contributed by atoms with Gasteiger partial charge in [0.25, 0.3) is 0 Å². The highest BCUT2D eigenvalue weighted by Crippen LogP contribution is 2.33. The minimum Gasteiger partial charge on any atom is -0.502 e. The molecule has 0 aliphatic rings. The van der Waals surface area contributed by atoms with Crippen LogP contribution in [0.15, 0.2) is 39.8 Å². The van der Waals surface area contributed by atoms with Crippen molar-refractivity contribution >= 4 is 45.1 Å². The van der Waals surface area contributed by atoms with Crippen molar-refractivity contribution in [1.82, 2.24) is 0 Å². The fourth-order valence-electron chi connectivity index (χ4n) is 1.72. The van der Waals surface area contributed by atoms with E-state index >= 15 is 0 Å². The monoisotopic (exact) mass is 368 g/mol. The van der Waals surface area contributed by atoms with E-state index in [4.69, 9.17) is 11.6 Å². The van der Waals surface area contributed by atoms with Crippen LogP contribution in [0.1, 0.15) is 11.1 Å². The summed E-state index contributed by atoms with van der Waals surface area (Å²) in [6, 6.07) is 8.05. The van der Waals surface area contributed by atoms with Crippen LogP contribution >= 0.6 is 27.5 Å². The van der Waals surface area contributed by atoms with Crippen LogP contribution in [-0.2, 0) is 0 Å². The molecule has 0 spiro atoms. The van der Waals surface area contributed by atoms with Gasteiger partial charge in [-0.25, -0.2) is 0 Å². The third-order valence-electron chi connectivity index (χ3n) is 2.86. The number of aliphatic imine (C=N–C) groups is 1. The lowest BCUT2D eigenvalue weighted by Crippen LogP contribution is -1.92. The van der Waals surface area contributed by atoms with E-state index in [1.54, 1.807) is 24.3 Å². The number of phenols is 1. The highest BCUT2D eigenvalue weighted by molar-refractivity contribution is 9.10. The normalized spacial score (nSPS) is 11.0. The molecule has 0 saturated heterocycles. The van der Waals surface area contributed by atoms with Gasteiger partial charge in [-0.3, -0.25) is 15.1 Å². The van der Waals surface area contributed by atoms with Crippen LogP contribution in [0.4, 0.5) is 11.4 Å². The molecule has 0 radical (unpaired) electrons. The van der Waals surface area contributed by atoms with Crippen molar-refractivity contribution in [3.63, 3.8) is 0 Å². The number of hydrogen-bond donors (Lipinski definition) is 1. The zero-order chi connectivity index (χ0) is 15.6. The lowest BCUT2D eigenvalue weighted by atomic mass is 10.1. The van der Waals surface area contributed by atoms with Crippen LogP contribution in [0.5, 0.6) is 5.75 Å². The molecule has 0 aliphatic carbocycles. The zero-order valence-electron chi connectivity index (χ0n) is 10.9. The number of hydrogen-bond acceptors (Lipinski definition) is 4. The zero-order valence-corrected chi connectivity index (χ0v) is 13.2. The Kier molecular flexibility index (Phi) is 4.59. The van der Waals surface area contributed by atoms with Crippen LogP contribution in [0, 0.1) is 17.0 Å². The molecule has 21 heavy (non-hydrogen) atoms. The van der Waals surface area contributed by atoms with Crippen LogP contribution in [0.25, 0.3) is 0 Å². The molecule has 0 unspecified atom stereocenters. The number of phenolic OH excluding ortho intramolecular Hbond substituents is 1. The van der Waals surface area contributed by atoms with Gasteiger partial charge in [0, 0.05) is 27.3 Å². The quantitative estimate of drug-likeness (QED) is 0.481. The summed E-state index contributed by atoms with van der Waals surface area (Å²) in [6.07, 6.45) is 1.37. The van der Waals surface area contributed by atoms with Gasteiger partial charge in [-0.2, -0.15) is 0 Å². The number of benzene rings is 2. The molecule has 2 rings (SSSR count). The van der Waals surface area contributed by atoms with Gasteiger partial charge in [0.1, 0.15) is 0 Å². The predicted octanol–water partition coefficient (Wildman–Crippen LogP) is 4.78. The minimum absolute atomic E-state index is 0.246. The third-order valence-corrected chi connectivity index (χ3v) is 3.73. The molecule has 0 aromatic heterocycles. The highest BCUT2D eigenvalue weighted by atomic mass is 79.9. The largest absolute Gasteiger partial charge is 0.502 e. The van der Waals surface area contributed by atoms with Gasteiger partial charge in [-0.15, -0.1) is 0 Å². The van der Waals surface area contributed by atoms with Crippen molar-refractivity contribution < 1.29 is 10.0 Å². The maximum Gasteiger partial charge on any atom is 0.312 e. The fourth-order valence-corrected chi connectivity index (χ4v) is 2.35. The second-order valence-corrected chi connectivity index (χ2v) is 5.58. The molecule has 7 heteroatoms. The Bertz CT molecular complexity index is 747. The van der Waals surface area contributed by atoms with Gasteiger partial charge in [0.05, 0.1) is 10.6 Å². The van der Waals surface area contributed by atoms with Gasteiger partial charge < -0.3 is 5.11 Å². The van der Waals surface area contributed by atoms with E-state index in [0.717, 1.165) is 5.56 Å². The average molecular weight is 370 g/mol. The average Bonchev–Trinajstić information content (AvgIpc) is 2.43. The van der Waals surface area contributed by atoms with Crippen LogP contribution < -0.4 is 0 Å². The van der Waals surface area contributed by atoms with Gasteiger partial charge in [-0.05, 0) is 30.7 Å². The Morgan fingerprint density at radius 2 is 2.14 bits per heavy atom. The third kappa shape index (κ3) is 3.40. The number of nitro groups is 1. The molecule has 0 atom stereocenters. The minimum atomic E-state index is -0.651. The number of halogens is 2. The first-order valence-electron chi connectivity index (χ1n) is 5.86. The fraction of sp³-hybridized carbons (Fsp3) is 0.0714. The first kappa shape index (κ1) is 15.5. The van der Waals surface area contributed by atoms with Crippen molar-refractivity contribution in [2.24, 2.45) is 4.99 Å². The summed E-state index contributed by atoms with van der Waals surface area (Å²) >= 11 is 9.17. The molecule has 0 saturated carbocycles. The maximum absolute atomic E-state index is 10.9. The maximum atomic E-state index is 10.9. The molecule has 0 fully saturated rings. The second-order valence-electron chi connectivity index (χ2n) is 4.26. The molecule has 2 aromatic carbocycles. The van der Waals surface area contributed by atoms with Crippen LogP contribution in [-0.4, -0.2) is 16.2 Å². The first-order chi connectivity index (χ1) is 9.90. The van der Waals surface area contributed by atoms with Gasteiger partial charge >= 0.3 is 5.69 Å². The molecule has 1 N–H and O–H groups in total. The Morgan fingerprint density at radius 1 is 1.43 bits per heavy atom. The first-order valence-corrected chi connectivity index (χ1v) is 7.03. The summed E-state index contributed by atoms with van der Waals surface area (Å²) in [5.74, 6) is -0.424. The number of nitro benzene ring substituents is 1. The second kappa shape index (κ2) is 6.24. The van der Waals surface area contributed by atoms with Gasteiger partial charge in [0.15, 0.2) is 0 Å². The van der Waals surface area contributed by atoms with E-state index in [-0.39, 0.29) is 11.3 Å². The lowest BCUT2D eigenvalue weighted by Gasteiger charge is -2.03. The molecule has 0 heterocycles. The topological polar surface area (TPSA) is 75.7 Å². The molecule has 0 amide bonds. The Labute approximate surface area is 134 Å². The molecule has 5 nitrogen and oxygen atoms in total. The molecular formula is C14H10BrClN2O3. The Hall–Kier alpha value is -1.92. The van der Waals surface area contributed by atoms with Crippen molar-refractivity contribution in [1.29, 1.82) is 0 Å². The van der Waals surface area contributed by atoms with Gasteiger partial charge in [-0.1, -0.05) is 33.6 Å². The Balaban J connectivity index is 2.46. The van der Waals surface area contributed by atoms with E-state index < -0.39 is 10.7 Å². The van der Waals surface area contributed by atoms with Crippen molar-refractivity contribution in [3.8, 4) is 5.75 Å². The summed E-state index contributed by atoms with van der Waals surface area (Å²) in [5.41, 5.74) is 1.29. The van der Waals surface area contributed by atoms with E-state index in [9.17, 15) is 15.2 Å². The Morgan fingerprint density at radius 3 is 2.81 bits per heavy atom. The molecule has 0 bridgehead atoms. The summed E-state index contributed by atoms with van der Waals surface area (Å²) in [4.78, 5) is 14.4. The van der Waals surface area contributed by atoms with Crippen LogP contribution in [0.2, 0.25) is 5.02 Å². The van der Waals surface area contributed by atoms with Gasteiger partial charge in [0.2, 0.25) is 5.75 Å². The summed E-state index contributed by atoms with van der Waals surface area (Å²) in [7, 11) is 0. The molecular weight excluding hydrogens is 360 g/mol. The number of rotatable bonds is 3. The summed E-state index contributed by atoms with van der Waals surface area (Å²) in [6.45, 7) is 1.82. The SMILES string of the molecule is Cc1c(Cl)cccc1N=Cc1cc(Br)cc([N+](=O)[O-])c1O. The van der Waals surface area contributed by atoms with E-state index in [2.05, 4.69) is 20.9 Å². The summed E-state index contributed by atoms with van der Waals surface area (Å²) < 4.78 is 0.483. The number of aromatic hydroxyl groups is 1. The smallest absolute Gasteiger partial charge is 0.312 e. The van der Waals surface area contributed by atoms with Crippen molar-refractivity contribution in [3.05, 3.63) is 61.1 Å². The predicted molar refractivity (Wildman–Crippen MR) is 85.9 cm³/mol. The van der Waals surface area contributed by atoms with E-state index in [1.165, 1.54) is 12.3 Å². The van der Waals surface area contributed by atoms with Crippen LogP contribution in [0.3, 0.4) is 0 Å². The lowest BCUT2D eigenvalue weighted by molar-refractivity contribution is -0.385. The van der Waals surface area contributed by atoms with Crippen molar-refractivity contribution in [2.45, 2.75) is 6.92 Å². The number of nitrogens with zero attached hydrogens (tertiary/aromatic N) is 2. The standard InChI is InChI=1S/C14H10BrClN2O3/c1-8-11(16)3-2-4-12(8)17-7-9-5-10(15)6-13(14(9)19)18(20)21/h2-7,19H,1H3. The molecule has 2 aromatic rings. The van der Waals surface area contributed by atoms with E-state index in [1.807, 2.05) is 6.92 Å². The molecule has 108 valence electrons. The highest BCUT2D eigenvalue weighted by Gasteiger charge is 2.17. The molecule has 0 aliphatic heterocycles. The summed E-state index contributed by atoms with van der Waals surface area (Å²) in [5, 5.41) is 21.3. The van der Waals surface area contributed by atoms with Crippen molar-refractivity contribution in [2.75, 3.05) is 0 Å². The van der Waals surface area contributed by atoms with E-state index in [0.29, 0.717) is 15.2 Å².